The van der Waals surface area contributed by atoms with Crippen LogP contribution in [0.25, 0.3) is 11.0 Å². The molecule has 4 heteroatoms. The van der Waals surface area contributed by atoms with E-state index in [1.54, 1.807) is 18.4 Å². The third kappa shape index (κ3) is 1.88. The third-order valence-corrected chi connectivity index (χ3v) is 2.54. The van der Waals surface area contributed by atoms with Crippen LogP contribution >= 0.6 is 0 Å². The van der Waals surface area contributed by atoms with Crippen molar-refractivity contribution in [2.75, 3.05) is 0 Å². The minimum absolute atomic E-state index is 0.175. The molecule has 1 aromatic carbocycles. The van der Waals surface area contributed by atoms with Crippen molar-refractivity contribution >= 4 is 11.0 Å². The van der Waals surface area contributed by atoms with Crippen molar-refractivity contribution < 1.29 is 5.11 Å². The third-order valence-electron chi connectivity index (χ3n) is 2.54. The molecular formula is C12H16N2O2. The van der Waals surface area contributed by atoms with Gasteiger partial charge in [-0.25, -0.2) is 4.79 Å². The van der Waals surface area contributed by atoms with Crippen LogP contribution in [0.15, 0.2) is 23.0 Å². The molecule has 0 bridgehead atoms. The second-order valence-electron chi connectivity index (χ2n) is 4.80. The van der Waals surface area contributed by atoms with Crippen molar-refractivity contribution in [2.45, 2.75) is 32.9 Å². The van der Waals surface area contributed by atoms with Gasteiger partial charge in [-0.1, -0.05) is 12.1 Å². The molecule has 1 aromatic heterocycles. The number of benzene rings is 1. The lowest BCUT2D eigenvalue weighted by molar-refractivity contribution is 0.0617. The summed E-state index contributed by atoms with van der Waals surface area (Å²) >= 11 is 0. The quantitative estimate of drug-likeness (QED) is 0.804. The molecule has 0 spiro atoms. The number of nitrogens with one attached hydrogen (secondary N) is 1. The number of H-pyrrole nitrogens is 1. The number of hydrogen-bond acceptors (Lipinski definition) is 2. The van der Waals surface area contributed by atoms with Crippen LogP contribution in [0.5, 0.6) is 0 Å². The van der Waals surface area contributed by atoms with Crippen LogP contribution in [0.3, 0.4) is 0 Å². The molecule has 0 aliphatic heterocycles. The molecule has 86 valence electrons. The molecule has 1 heterocycles. The summed E-state index contributed by atoms with van der Waals surface area (Å²) in [6.07, 6.45) is 0. The lowest BCUT2D eigenvalue weighted by Gasteiger charge is -2.18. The fourth-order valence-electron chi connectivity index (χ4n) is 1.94. The Balaban J connectivity index is 2.69. The van der Waals surface area contributed by atoms with Gasteiger partial charge >= 0.3 is 5.69 Å². The molecule has 0 saturated carbocycles. The predicted octanol–water partition coefficient (Wildman–Crippen LogP) is 1.41. The second kappa shape index (κ2) is 3.49. The highest BCUT2D eigenvalue weighted by molar-refractivity contribution is 5.78. The number of imidazole rings is 1. The molecular weight excluding hydrogens is 204 g/mol. The number of aromatic nitrogens is 2. The standard InChI is InChI=1S/C12H16N2O2/c1-8-5-4-6-9-10(8)14(11(15)13-9)7-12(2,3)16/h4-6,16H,7H2,1-3H3,(H,13,15). The van der Waals surface area contributed by atoms with Crippen molar-refractivity contribution in [3.8, 4) is 0 Å². The number of nitrogens with zero attached hydrogens (tertiary/aromatic N) is 1. The smallest absolute Gasteiger partial charge is 0.326 e. The van der Waals surface area contributed by atoms with E-state index in [0.717, 1.165) is 16.6 Å². The van der Waals surface area contributed by atoms with E-state index in [1.165, 1.54) is 0 Å². The fraction of sp³-hybridized carbons (Fsp3) is 0.417. The van der Waals surface area contributed by atoms with E-state index in [-0.39, 0.29) is 12.2 Å². The van der Waals surface area contributed by atoms with Gasteiger partial charge in [0.2, 0.25) is 0 Å². The van der Waals surface area contributed by atoms with Gasteiger partial charge in [-0.05, 0) is 32.4 Å². The van der Waals surface area contributed by atoms with Crippen molar-refractivity contribution in [1.29, 1.82) is 0 Å². The number of aromatic amines is 1. The topological polar surface area (TPSA) is 58.0 Å². The Morgan fingerprint density at radius 2 is 2.12 bits per heavy atom. The van der Waals surface area contributed by atoms with E-state index in [4.69, 9.17) is 0 Å². The summed E-state index contributed by atoms with van der Waals surface area (Å²) in [6.45, 7) is 5.63. The monoisotopic (exact) mass is 220 g/mol. The van der Waals surface area contributed by atoms with E-state index >= 15 is 0 Å². The SMILES string of the molecule is Cc1cccc2[nH]c(=O)n(CC(C)(C)O)c12. The van der Waals surface area contributed by atoms with E-state index in [1.807, 2.05) is 25.1 Å². The lowest BCUT2D eigenvalue weighted by atomic mass is 10.1. The first-order chi connectivity index (χ1) is 7.38. The molecule has 0 unspecified atom stereocenters. The number of hydrogen-bond donors (Lipinski definition) is 2. The Kier molecular flexibility index (Phi) is 2.39. The maximum absolute atomic E-state index is 11.8. The number of rotatable bonds is 2. The van der Waals surface area contributed by atoms with Gasteiger partial charge in [0.05, 0.1) is 23.2 Å². The van der Waals surface area contributed by atoms with Crippen molar-refractivity contribution in [3.05, 3.63) is 34.2 Å². The normalized spacial score (nSPS) is 12.2. The second-order valence-corrected chi connectivity index (χ2v) is 4.80. The number of aliphatic hydroxyl groups is 1. The molecule has 0 aliphatic carbocycles. The summed E-state index contributed by atoms with van der Waals surface area (Å²) in [6, 6.07) is 5.73. The maximum atomic E-state index is 11.8. The molecule has 0 aliphatic rings. The molecule has 4 nitrogen and oxygen atoms in total. The van der Waals surface area contributed by atoms with Crippen LogP contribution in [-0.4, -0.2) is 20.3 Å². The number of fused-ring (bicyclic) bond motifs is 1. The summed E-state index contributed by atoms with van der Waals surface area (Å²) in [5.41, 5.74) is 1.64. The molecule has 0 saturated heterocycles. The molecule has 2 rings (SSSR count). The first-order valence-corrected chi connectivity index (χ1v) is 5.29. The highest BCUT2D eigenvalue weighted by Crippen LogP contribution is 2.16. The Bertz CT molecular complexity index is 573. The van der Waals surface area contributed by atoms with Crippen molar-refractivity contribution in [1.82, 2.24) is 9.55 Å². The zero-order chi connectivity index (χ0) is 11.9. The van der Waals surface area contributed by atoms with Crippen LogP contribution in [0.2, 0.25) is 0 Å². The van der Waals surface area contributed by atoms with Gasteiger partial charge in [0, 0.05) is 0 Å². The van der Waals surface area contributed by atoms with E-state index in [2.05, 4.69) is 4.98 Å². The zero-order valence-electron chi connectivity index (χ0n) is 9.74. The van der Waals surface area contributed by atoms with E-state index in [9.17, 15) is 9.90 Å². The van der Waals surface area contributed by atoms with E-state index < -0.39 is 5.60 Å². The largest absolute Gasteiger partial charge is 0.389 e. The average Bonchev–Trinajstić information content (AvgIpc) is 2.42. The van der Waals surface area contributed by atoms with Crippen LogP contribution in [-0.2, 0) is 6.54 Å². The summed E-state index contributed by atoms with van der Waals surface area (Å²) in [5.74, 6) is 0. The summed E-state index contributed by atoms with van der Waals surface area (Å²) in [5, 5.41) is 9.79. The van der Waals surface area contributed by atoms with Crippen LogP contribution in [0, 0.1) is 6.92 Å². The zero-order valence-corrected chi connectivity index (χ0v) is 9.74. The maximum Gasteiger partial charge on any atom is 0.326 e. The average molecular weight is 220 g/mol. The molecule has 0 radical (unpaired) electrons. The lowest BCUT2D eigenvalue weighted by Crippen LogP contribution is -2.31. The summed E-state index contributed by atoms with van der Waals surface area (Å²) in [7, 11) is 0. The number of aryl methyl sites for hydroxylation is 1. The van der Waals surface area contributed by atoms with Gasteiger partial charge in [-0.2, -0.15) is 0 Å². The van der Waals surface area contributed by atoms with Gasteiger partial charge in [0.15, 0.2) is 0 Å². The molecule has 0 fully saturated rings. The van der Waals surface area contributed by atoms with Gasteiger partial charge in [-0.3, -0.25) is 4.57 Å². The Morgan fingerprint density at radius 3 is 2.75 bits per heavy atom. The summed E-state index contributed by atoms with van der Waals surface area (Å²) < 4.78 is 1.59. The minimum atomic E-state index is -0.902. The predicted molar refractivity (Wildman–Crippen MR) is 63.6 cm³/mol. The van der Waals surface area contributed by atoms with Gasteiger partial charge < -0.3 is 10.1 Å². The number of para-hydroxylation sites is 1. The highest BCUT2D eigenvalue weighted by atomic mass is 16.3. The highest BCUT2D eigenvalue weighted by Gasteiger charge is 2.17. The Morgan fingerprint density at radius 1 is 1.44 bits per heavy atom. The molecule has 2 aromatic rings. The van der Waals surface area contributed by atoms with E-state index in [0.29, 0.717) is 0 Å². The van der Waals surface area contributed by atoms with Crippen LogP contribution in [0.1, 0.15) is 19.4 Å². The van der Waals surface area contributed by atoms with Gasteiger partial charge in [-0.15, -0.1) is 0 Å². The van der Waals surface area contributed by atoms with Crippen molar-refractivity contribution in [2.24, 2.45) is 0 Å². The van der Waals surface area contributed by atoms with Crippen LogP contribution < -0.4 is 5.69 Å². The van der Waals surface area contributed by atoms with Gasteiger partial charge in [0.1, 0.15) is 0 Å². The molecule has 2 N–H and O–H groups in total. The Hall–Kier alpha value is -1.55. The summed E-state index contributed by atoms with van der Waals surface area (Å²) in [4.78, 5) is 14.6. The van der Waals surface area contributed by atoms with Gasteiger partial charge in [0.25, 0.3) is 0 Å². The Labute approximate surface area is 93.5 Å². The first kappa shape index (κ1) is 11.0. The van der Waals surface area contributed by atoms with Crippen LogP contribution in [0.4, 0.5) is 0 Å². The molecule has 0 atom stereocenters. The molecule has 0 amide bonds. The molecule has 16 heavy (non-hydrogen) atoms. The van der Waals surface area contributed by atoms with Crippen molar-refractivity contribution in [3.63, 3.8) is 0 Å². The minimum Gasteiger partial charge on any atom is -0.389 e. The first-order valence-electron chi connectivity index (χ1n) is 5.29. The fourth-order valence-corrected chi connectivity index (χ4v) is 1.94.